The van der Waals surface area contributed by atoms with Crippen LogP contribution < -0.4 is 4.74 Å². The van der Waals surface area contributed by atoms with Crippen molar-refractivity contribution >= 4 is 17.4 Å². The van der Waals surface area contributed by atoms with Crippen molar-refractivity contribution in [2.24, 2.45) is 0 Å². The molecule has 96 valence electrons. The first-order valence-electron chi connectivity index (χ1n) is 5.63. The van der Waals surface area contributed by atoms with Crippen LogP contribution in [0, 0.1) is 13.8 Å². The smallest absolute Gasteiger partial charge is 0.241 e. The second kappa shape index (κ2) is 4.61. The molecule has 0 aromatic carbocycles. The Morgan fingerprint density at radius 3 is 2.56 bits per heavy atom. The molecule has 0 saturated carbocycles. The largest absolute Gasteiger partial charge is 0.483 e. The Morgan fingerprint density at radius 2 is 2.00 bits per heavy atom. The van der Waals surface area contributed by atoms with E-state index in [0.717, 1.165) is 11.1 Å². The Kier molecular flexibility index (Phi) is 3.30. The Labute approximate surface area is 111 Å². The van der Waals surface area contributed by atoms with Gasteiger partial charge in [0.25, 0.3) is 0 Å². The van der Waals surface area contributed by atoms with Crippen molar-refractivity contribution in [3.05, 3.63) is 33.9 Å². The second-order valence-corrected chi connectivity index (χ2v) is 4.68. The summed E-state index contributed by atoms with van der Waals surface area (Å²) in [5.41, 5.74) is 1.70. The molecule has 1 aliphatic rings. The Hall–Kier alpha value is -1.55. The number of allylic oxidation sites excluding steroid dienone is 1. The van der Waals surface area contributed by atoms with E-state index in [9.17, 15) is 4.79 Å². The molecule has 1 unspecified atom stereocenters. The molecule has 18 heavy (non-hydrogen) atoms. The standard InChI is InChI=1S/C13H14ClNO3/c1-6-7(2)13(15-5-10(6)14)18-12-9(4)17-8(3)11(12)16/h5,8H,1-4H3. The van der Waals surface area contributed by atoms with Crippen molar-refractivity contribution in [1.82, 2.24) is 4.98 Å². The first-order valence-corrected chi connectivity index (χ1v) is 6.01. The van der Waals surface area contributed by atoms with Crippen molar-refractivity contribution in [2.45, 2.75) is 33.8 Å². The van der Waals surface area contributed by atoms with Crippen molar-refractivity contribution in [3.63, 3.8) is 0 Å². The SMILES string of the molecule is CC1=C(Oc2ncc(Cl)c(C)c2C)C(=O)C(C)O1. The van der Waals surface area contributed by atoms with E-state index in [4.69, 9.17) is 21.1 Å². The van der Waals surface area contributed by atoms with Crippen LogP contribution in [0.25, 0.3) is 0 Å². The van der Waals surface area contributed by atoms with Crippen LogP contribution in [-0.2, 0) is 9.53 Å². The molecular formula is C13H14ClNO3. The molecule has 0 spiro atoms. The fraction of sp³-hybridized carbons (Fsp3) is 0.385. The van der Waals surface area contributed by atoms with Crippen LogP contribution in [0.4, 0.5) is 0 Å². The molecule has 2 rings (SSSR count). The highest BCUT2D eigenvalue weighted by molar-refractivity contribution is 6.31. The zero-order valence-electron chi connectivity index (χ0n) is 10.7. The van der Waals surface area contributed by atoms with Gasteiger partial charge >= 0.3 is 0 Å². The summed E-state index contributed by atoms with van der Waals surface area (Å²) < 4.78 is 10.9. The molecule has 1 aliphatic heterocycles. The lowest BCUT2D eigenvalue weighted by Crippen LogP contribution is -2.16. The molecular weight excluding hydrogens is 254 g/mol. The highest BCUT2D eigenvalue weighted by Crippen LogP contribution is 2.29. The quantitative estimate of drug-likeness (QED) is 0.827. The maximum absolute atomic E-state index is 11.8. The van der Waals surface area contributed by atoms with E-state index < -0.39 is 6.10 Å². The summed E-state index contributed by atoms with van der Waals surface area (Å²) in [6, 6.07) is 0. The van der Waals surface area contributed by atoms with E-state index in [-0.39, 0.29) is 11.5 Å². The highest BCUT2D eigenvalue weighted by atomic mass is 35.5. The zero-order valence-corrected chi connectivity index (χ0v) is 11.5. The van der Waals surface area contributed by atoms with E-state index in [1.807, 2.05) is 13.8 Å². The summed E-state index contributed by atoms with van der Waals surface area (Å²) in [6.45, 7) is 7.12. The highest BCUT2D eigenvalue weighted by Gasteiger charge is 2.32. The molecule has 2 heterocycles. The van der Waals surface area contributed by atoms with E-state index in [0.29, 0.717) is 16.7 Å². The average Bonchev–Trinajstić information content (AvgIpc) is 2.56. The van der Waals surface area contributed by atoms with E-state index >= 15 is 0 Å². The Balaban J connectivity index is 2.34. The number of hydrogen-bond acceptors (Lipinski definition) is 4. The minimum Gasteiger partial charge on any atom is -0.483 e. The molecule has 0 aliphatic carbocycles. The third-order valence-electron chi connectivity index (χ3n) is 3.00. The van der Waals surface area contributed by atoms with Crippen LogP contribution in [0.5, 0.6) is 5.88 Å². The molecule has 1 aromatic rings. The molecule has 0 N–H and O–H groups in total. The van der Waals surface area contributed by atoms with Gasteiger partial charge in [-0.1, -0.05) is 11.6 Å². The van der Waals surface area contributed by atoms with E-state index in [1.165, 1.54) is 6.20 Å². The molecule has 5 heteroatoms. The van der Waals surface area contributed by atoms with E-state index in [1.54, 1.807) is 13.8 Å². The predicted octanol–water partition coefficient (Wildman–Crippen LogP) is 2.95. The molecule has 4 nitrogen and oxygen atoms in total. The van der Waals surface area contributed by atoms with Gasteiger partial charge < -0.3 is 9.47 Å². The summed E-state index contributed by atoms with van der Waals surface area (Å²) >= 11 is 5.96. The predicted molar refractivity (Wildman–Crippen MR) is 67.6 cm³/mol. The normalized spacial score (nSPS) is 19.2. The lowest BCUT2D eigenvalue weighted by molar-refractivity contribution is -0.122. The minimum absolute atomic E-state index is 0.165. The van der Waals surface area contributed by atoms with Crippen LogP contribution in [0.3, 0.4) is 0 Å². The molecule has 0 fully saturated rings. The number of nitrogens with zero attached hydrogens (tertiary/aromatic N) is 1. The fourth-order valence-electron chi connectivity index (χ4n) is 1.70. The van der Waals surface area contributed by atoms with Crippen LogP contribution in [0.2, 0.25) is 5.02 Å². The summed E-state index contributed by atoms with van der Waals surface area (Å²) in [6.07, 6.45) is 1.02. The summed E-state index contributed by atoms with van der Waals surface area (Å²) in [4.78, 5) is 15.9. The number of ether oxygens (including phenoxy) is 2. The molecule has 0 radical (unpaired) electrons. The van der Waals surface area contributed by atoms with Gasteiger partial charge in [-0.05, 0) is 33.3 Å². The number of ketones is 1. The lowest BCUT2D eigenvalue weighted by atomic mass is 10.2. The monoisotopic (exact) mass is 267 g/mol. The van der Waals surface area contributed by atoms with Gasteiger partial charge in [0.2, 0.25) is 17.4 Å². The van der Waals surface area contributed by atoms with Gasteiger partial charge in [-0.3, -0.25) is 4.79 Å². The van der Waals surface area contributed by atoms with Gasteiger partial charge in [0, 0.05) is 11.8 Å². The van der Waals surface area contributed by atoms with Crippen LogP contribution in [0.15, 0.2) is 17.7 Å². The van der Waals surface area contributed by atoms with Gasteiger partial charge in [-0.25, -0.2) is 4.98 Å². The number of aromatic nitrogens is 1. The third kappa shape index (κ3) is 2.08. The van der Waals surface area contributed by atoms with Crippen molar-refractivity contribution < 1.29 is 14.3 Å². The fourth-order valence-corrected chi connectivity index (χ4v) is 1.89. The molecule has 1 aromatic heterocycles. The van der Waals surface area contributed by atoms with Crippen molar-refractivity contribution in [1.29, 1.82) is 0 Å². The van der Waals surface area contributed by atoms with Gasteiger partial charge in [-0.15, -0.1) is 0 Å². The van der Waals surface area contributed by atoms with Gasteiger partial charge in [0.15, 0.2) is 6.10 Å². The Bertz CT molecular complexity index is 551. The molecule has 0 saturated heterocycles. The zero-order chi connectivity index (χ0) is 13.4. The van der Waals surface area contributed by atoms with E-state index in [2.05, 4.69) is 4.98 Å². The second-order valence-electron chi connectivity index (χ2n) is 4.27. The number of pyridine rings is 1. The average molecular weight is 268 g/mol. The van der Waals surface area contributed by atoms with Crippen LogP contribution >= 0.6 is 11.6 Å². The first kappa shape index (κ1) is 12.9. The third-order valence-corrected chi connectivity index (χ3v) is 3.38. The van der Waals surface area contributed by atoms with Gasteiger partial charge in [0.05, 0.1) is 5.02 Å². The number of carbonyl (C=O) groups excluding carboxylic acids is 1. The van der Waals surface area contributed by atoms with Gasteiger partial charge in [0.1, 0.15) is 5.76 Å². The topological polar surface area (TPSA) is 48.4 Å². The number of Topliss-reactive ketones (excluding diaryl/α,β-unsaturated/α-hetero) is 1. The number of halogens is 1. The number of hydrogen-bond donors (Lipinski definition) is 0. The van der Waals surface area contributed by atoms with Crippen molar-refractivity contribution in [3.8, 4) is 5.88 Å². The van der Waals surface area contributed by atoms with Crippen LogP contribution in [-0.4, -0.2) is 16.9 Å². The molecule has 0 bridgehead atoms. The minimum atomic E-state index is -0.492. The summed E-state index contributed by atoms with van der Waals surface area (Å²) in [5.74, 6) is 0.930. The molecule has 0 amide bonds. The van der Waals surface area contributed by atoms with Crippen molar-refractivity contribution in [2.75, 3.05) is 0 Å². The summed E-state index contributed by atoms with van der Waals surface area (Å²) in [5, 5.41) is 0.577. The Morgan fingerprint density at radius 1 is 1.33 bits per heavy atom. The maximum atomic E-state index is 11.8. The maximum Gasteiger partial charge on any atom is 0.241 e. The summed E-state index contributed by atoms with van der Waals surface area (Å²) in [7, 11) is 0. The van der Waals surface area contributed by atoms with Crippen LogP contribution in [0.1, 0.15) is 25.0 Å². The molecule has 1 atom stereocenters. The lowest BCUT2D eigenvalue weighted by Gasteiger charge is -2.10. The number of rotatable bonds is 2. The number of carbonyl (C=O) groups is 1. The first-order chi connectivity index (χ1) is 8.41. The van der Waals surface area contributed by atoms with Gasteiger partial charge in [-0.2, -0.15) is 0 Å².